The Balaban J connectivity index is 1.60. The minimum absolute atomic E-state index is 0.0238. The standard InChI is InChI=1S/C18H16Cl2FNO2S/c19-13-7-12(8-14(20)9-13)17-10-22(5-6-24-17)18(23)11-25-16-3-1-15(21)2-4-16/h1-4,7-9,17H,5-6,10-11H2. The van der Waals surface area contributed by atoms with E-state index in [-0.39, 0.29) is 17.8 Å². The van der Waals surface area contributed by atoms with Crippen LogP contribution in [0.25, 0.3) is 0 Å². The number of halogens is 3. The number of amides is 1. The van der Waals surface area contributed by atoms with Gasteiger partial charge in [-0.25, -0.2) is 4.39 Å². The second-order valence-corrected chi connectivity index (χ2v) is 7.57. The van der Waals surface area contributed by atoms with Crippen LogP contribution in [-0.2, 0) is 9.53 Å². The molecule has 3 nitrogen and oxygen atoms in total. The van der Waals surface area contributed by atoms with Gasteiger partial charge < -0.3 is 9.64 Å². The van der Waals surface area contributed by atoms with Gasteiger partial charge in [-0.05, 0) is 48.0 Å². The molecule has 1 fully saturated rings. The summed E-state index contributed by atoms with van der Waals surface area (Å²) in [5.41, 5.74) is 0.862. The maximum Gasteiger partial charge on any atom is 0.233 e. The van der Waals surface area contributed by atoms with Crippen molar-refractivity contribution in [3.8, 4) is 0 Å². The summed E-state index contributed by atoms with van der Waals surface area (Å²) in [5, 5.41) is 1.09. The third kappa shape index (κ3) is 5.11. The number of hydrogen-bond donors (Lipinski definition) is 0. The highest BCUT2D eigenvalue weighted by Gasteiger charge is 2.25. The Labute approximate surface area is 160 Å². The van der Waals surface area contributed by atoms with Crippen molar-refractivity contribution in [2.24, 2.45) is 0 Å². The first-order valence-electron chi connectivity index (χ1n) is 7.75. The molecule has 7 heteroatoms. The molecular weight excluding hydrogens is 384 g/mol. The fraction of sp³-hybridized carbons (Fsp3) is 0.278. The molecule has 0 aliphatic carbocycles. The van der Waals surface area contributed by atoms with Crippen LogP contribution in [0.2, 0.25) is 10.0 Å². The molecule has 0 spiro atoms. The molecule has 3 rings (SSSR count). The van der Waals surface area contributed by atoms with E-state index in [1.165, 1.54) is 23.9 Å². The van der Waals surface area contributed by atoms with Gasteiger partial charge in [0.15, 0.2) is 0 Å². The lowest BCUT2D eigenvalue weighted by Gasteiger charge is -2.33. The number of nitrogens with zero attached hydrogens (tertiary/aromatic N) is 1. The van der Waals surface area contributed by atoms with Crippen molar-refractivity contribution in [2.45, 2.75) is 11.0 Å². The smallest absolute Gasteiger partial charge is 0.233 e. The van der Waals surface area contributed by atoms with Gasteiger partial charge >= 0.3 is 0 Å². The number of benzene rings is 2. The highest BCUT2D eigenvalue weighted by atomic mass is 35.5. The van der Waals surface area contributed by atoms with Gasteiger partial charge in [0.2, 0.25) is 5.91 Å². The van der Waals surface area contributed by atoms with Crippen molar-refractivity contribution >= 4 is 40.9 Å². The van der Waals surface area contributed by atoms with E-state index in [9.17, 15) is 9.18 Å². The number of rotatable bonds is 4. The zero-order valence-corrected chi connectivity index (χ0v) is 15.6. The van der Waals surface area contributed by atoms with Crippen LogP contribution in [0.15, 0.2) is 47.4 Å². The van der Waals surface area contributed by atoms with Crippen molar-refractivity contribution in [1.82, 2.24) is 4.90 Å². The predicted octanol–water partition coefficient (Wildman–Crippen LogP) is 4.82. The number of morpholine rings is 1. The minimum atomic E-state index is -0.285. The van der Waals surface area contributed by atoms with Crippen LogP contribution in [0.1, 0.15) is 11.7 Å². The van der Waals surface area contributed by atoms with Crippen molar-refractivity contribution < 1.29 is 13.9 Å². The Morgan fingerprint density at radius 2 is 1.88 bits per heavy atom. The predicted molar refractivity (Wildman–Crippen MR) is 98.9 cm³/mol. The van der Waals surface area contributed by atoms with Crippen LogP contribution in [0, 0.1) is 5.82 Å². The highest BCUT2D eigenvalue weighted by molar-refractivity contribution is 8.00. The number of ether oxygens (including phenoxy) is 1. The highest BCUT2D eigenvalue weighted by Crippen LogP contribution is 2.28. The Morgan fingerprint density at radius 1 is 1.20 bits per heavy atom. The van der Waals surface area contributed by atoms with Crippen molar-refractivity contribution in [3.63, 3.8) is 0 Å². The van der Waals surface area contributed by atoms with E-state index in [4.69, 9.17) is 27.9 Å². The van der Waals surface area contributed by atoms with Crippen molar-refractivity contribution in [3.05, 3.63) is 63.9 Å². The lowest BCUT2D eigenvalue weighted by atomic mass is 10.1. The Bertz CT molecular complexity index is 737. The Kier molecular flexibility index (Phi) is 6.23. The lowest BCUT2D eigenvalue weighted by molar-refractivity contribution is -0.136. The first-order chi connectivity index (χ1) is 12.0. The first-order valence-corrected chi connectivity index (χ1v) is 9.49. The fourth-order valence-electron chi connectivity index (χ4n) is 2.61. The van der Waals surface area contributed by atoms with Crippen LogP contribution >= 0.6 is 35.0 Å². The van der Waals surface area contributed by atoms with Crippen LogP contribution in [0.3, 0.4) is 0 Å². The summed E-state index contributed by atoms with van der Waals surface area (Å²) in [4.78, 5) is 15.1. The molecule has 0 N–H and O–H groups in total. The van der Waals surface area contributed by atoms with Gasteiger partial charge in [0.05, 0.1) is 18.9 Å². The average Bonchev–Trinajstić information content (AvgIpc) is 2.60. The Hall–Kier alpha value is -1.27. The third-order valence-corrected chi connectivity index (χ3v) is 5.28. The third-order valence-electron chi connectivity index (χ3n) is 3.85. The molecule has 1 atom stereocenters. The summed E-state index contributed by atoms with van der Waals surface area (Å²) in [5.74, 6) is 0.0388. The van der Waals surface area contributed by atoms with Gasteiger partial charge in [-0.2, -0.15) is 0 Å². The summed E-state index contributed by atoms with van der Waals surface area (Å²) < 4.78 is 18.7. The first kappa shape index (κ1) is 18.5. The molecule has 132 valence electrons. The molecule has 1 unspecified atom stereocenters. The molecule has 0 radical (unpaired) electrons. The number of carbonyl (C=O) groups is 1. The molecule has 2 aromatic carbocycles. The van der Waals surface area contributed by atoms with E-state index in [0.29, 0.717) is 35.5 Å². The Morgan fingerprint density at radius 3 is 2.56 bits per heavy atom. The van der Waals surface area contributed by atoms with E-state index in [0.717, 1.165) is 10.5 Å². The molecule has 0 aromatic heterocycles. The monoisotopic (exact) mass is 399 g/mol. The van der Waals surface area contributed by atoms with Crippen LogP contribution in [0.5, 0.6) is 0 Å². The fourth-order valence-corrected chi connectivity index (χ4v) is 3.95. The molecular formula is C18H16Cl2FNO2S. The quantitative estimate of drug-likeness (QED) is 0.689. The summed E-state index contributed by atoms with van der Waals surface area (Å²) in [6.45, 7) is 1.47. The van der Waals surface area contributed by atoms with Gasteiger partial charge in [0, 0.05) is 21.5 Å². The molecule has 2 aromatic rings. The molecule has 0 bridgehead atoms. The van der Waals surface area contributed by atoms with Gasteiger partial charge in [-0.1, -0.05) is 23.2 Å². The number of carbonyl (C=O) groups excluding carboxylic acids is 1. The van der Waals surface area contributed by atoms with Gasteiger partial charge in [-0.3, -0.25) is 4.79 Å². The van der Waals surface area contributed by atoms with Crippen LogP contribution < -0.4 is 0 Å². The summed E-state index contributed by atoms with van der Waals surface area (Å²) in [6.07, 6.45) is -0.246. The summed E-state index contributed by atoms with van der Waals surface area (Å²) in [6, 6.07) is 11.4. The van der Waals surface area contributed by atoms with Crippen LogP contribution in [0.4, 0.5) is 4.39 Å². The van der Waals surface area contributed by atoms with E-state index in [1.54, 1.807) is 35.2 Å². The minimum Gasteiger partial charge on any atom is -0.370 e. The second-order valence-electron chi connectivity index (χ2n) is 5.64. The SMILES string of the molecule is O=C(CSc1ccc(F)cc1)N1CCOC(c2cc(Cl)cc(Cl)c2)C1. The topological polar surface area (TPSA) is 29.5 Å². The van der Waals surface area contributed by atoms with E-state index < -0.39 is 0 Å². The molecule has 1 aliphatic rings. The maximum absolute atomic E-state index is 12.9. The number of thioether (sulfide) groups is 1. The molecule has 1 saturated heterocycles. The van der Waals surface area contributed by atoms with Crippen molar-refractivity contribution in [2.75, 3.05) is 25.4 Å². The largest absolute Gasteiger partial charge is 0.370 e. The van der Waals surface area contributed by atoms with E-state index in [2.05, 4.69) is 0 Å². The molecule has 1 aliphatic heterocycles. The number of hydrogen-bond acceptors (Lipinski definition) is 3. The van der Waals surface area contributed by atoms with E-state index in [1.807, 2.05) is 0 Å². The van der Waals surface area contributed by atoms with Gasteiger partial charge in [-0.15, -0.1) is 11.8 Å². The second kappa shape index (κ2) is 8.41. The normalized spacial score (nSPS) is 17.6. The van der Waals surface area contributed by atoms with Crippen LogP contribution in [-0.4, -0.2) is 36.3 Å². The van der Waals surface area contributed by atoms with Crippen molar-refractivity contribution in [1.29, 1.82) is 0 Å². The average molecular weight is 400 g/mol. The zero-order chi connectivity index (χ0) is 17.8. The summed E-state index contributed by atoms with van der Waals surface area (Å²) >= 11 is 13.5. The van der Waals surface area contributed by atoms with Gasteiger partial charge in [0.25, 0.3) is 0 Å². The maximum atomic E-state index is 12.9. The zero-order valence-electron chi connectivity index (χ0n) is 13.3. The molecule has 1 heterocycles. The van der Waals surface area contributed by atoms with E-state index >= 15 is 0 Å². The summed E-state index contributed by atoms with van der Waals surface area (Å²) in [7, 11) is 0. The van der Waals surface area contributed by atoms with Gasteiger partial charge in [0.1, 0.15) is 11.9 Å². The molecule has 0 saturated carbocycles. The molecule has 1 amide bonds. The molecule has 25 heavy (non-hydrogen) atoms. The lowest BCUT2D eigenvalue weighted by Crippen LogP contribution is -2.43.